The molecular weight excluding hydrogens is 429 g/mol. The molecule has 5 nitrogen and oxygen atoms in total. The minimum absolute atomic E-state index is 0.0226. The Morgan fingerprint density at radius 1 is 1.32 bits per heavy atom. The molecule has 0 saturated carbocycles. The van der Waals surface area contributed by atoms with E-state index in [2.05, 4.69) is 0 Å². The molecule has 31 heavy (non-hydrogen) atoms. The predicted molar refractivity (Wildman–Crippen MR) is 114 cm³/mol. The number of hydrogen-bond acceptors (Lipinski definition) is 4. The van der Waals surface area contributed by atoms with Gasteiger partial charge in [-0.3, -0.25) is 0 Å². The van der Waals surface area contributed by atoms with Crippen molar-refractivity contribution in [3.05, 3.63) is 29.3 Å². The number of hydrogen-bond donors (Lipinski definition) is 0. The summed E-state index contributed by atoms with van der Waals surface area (Å²) in [6.45, 7) is 7.07. The number of carbonyl (C=O) groups is 1. The van der Waals surface area contributed by atoms with Gasteiger partial charge in [-0.2, -0.15) is 13.2 Å². The number of epoxide rings is 1. The summed E-state index contributed by atoms with van der Waals surface area (Å²) in [5.41, 5.74) is 0.360. The maximum absolute atomic E-state index is 13.4. The van der Waals surface area contributed by atoms with Crippen LogP contribution in [0.15, 0.2) is 23.2 Å². The van der Waals surface area contributed by atoms with Crippen LogP contribution in [0.1, 0.15) is 44.2 Å². The topological polar surface area (TPSA) is 47.0 Å². The van der Waals surface area contributed by atoms with Crippen molar-refractivity contribution in [1.82, 2.24) is 9.47 Å². The van der Waals surface area contributed by atoms with Crippen molar-refractivity contribution in [2.75, 3.05) is 26.0 Å². The number of thioether (sulfide) groups is 1. The largest absolute Gasteiger partial charge is 0.444 e. The summed E-state index contributed by atoms with van der Waals surface area (Å²) < 4.78 is 53.0. The second-order valence-corrected chi connectivity index (χ2v) is 10.3. The molecule has 1 aromatic heterocycles. The lowest BCUT2D eigenvalue weighted by molar-refractivity contribution is -0.137. The van der Waals surface area contributed by atoms with Crippen LogP contribution in [-0.2, 0) is 22.2 Å². The van der Waals surface area contributed by atoms with Gasteiger partial charge in [0.2, 0.25) is 0 Å². The summed E-state index contributed by atoms with van der Waals surface area (Å²) >= 11 is 1.66. The summed E-state index contributed by atoms with van der Waals surface area (Å²) in [6, 6.07) is 3.97. The van der Waals surface area contributed by atoms with E-state index < -0.39 is 23.4 Å². The van der Waals surface area contributed by atoms with Crippen LogP contribution >= 0.6 is 11.8 Å². The van der Waals surface area contributed by atoms with Crippen LogP contribution in [0.3, 0.4) is 0 Å². The first-order chi connectivity index (χ1) is 14.4. The summed E-state index contributed by atoms with van der Waals surface area (Å²) in [5.74, 6) is 0.864. The van der Waals surface area contributed by atoms with Gasteiger partial charge in [-0.15, -0.1) is 11.8 Å². The van der Waals surface area contributed by atoms with E-state index in [9.17, 15) is 18.0 Å². The Hall–Kier alpha value is -1.87. The Balaban J connectivity index is 1.72. The number of ether oxygens (including phenoxy) is 2. The van der Waals surface area contributed by atoms with Crippen molar-refractivity contribution >= 4 is 28.8 Å². The van der Waals surface area contributed by atoms with Gasteiger partial charge in [-0.05, 0) is 44.9 Å². The van der Waals surface area contributed by atoms with Gasteiger partial charge >= 0.3 is 12.3 Å². The third-order valence-electron chi connectivity index (χ3n) is 5.48. The van der Waals surface area contributed by atoms with Gasteiger partial charge < -0.3 is 18.9 Å². The summed E-state index contributed by atoms with van der Waals surface area (Å²) in [6.07, 6.45) is -3.92. The fraction of sp³-hybridized carbons (Fsp3) is 0.591. The molecular formula is C22H27F3N2O3S. The summed E-state index contributed by atoms with van der Waals surface area (Å²) in [4.78, 5) is 14.0. The number of halogens is 3. The number of rotatable bonds is 4. The first-order valence-electron chi connectivity index (χ1n) is 10.4. The normalized spacial score (nSPS) is 21.1. The molecule has 170 valence electrons. The molecule has 0 spiro atoms. The van der Waals surface area contributed by atoms with Gasteiger partial charge in [0, 0.05) is 36.2 Å². The van der Waals surface area contributed by atoms with Gasteiger partial charge in [0.1, 0.15) is 5.60 Å². The van der Waals surface area contributed by atoms with Crippen LogP contribution < -0.4 is 0 Å². The maximum atomic E-state index is 13.4. The third kappa shape index (κ3) is 4.82. The van der Waals surface area contributed by atoms with Crippen LogP contribution in [0.25, 0.3) is 10.9 Å². The fourth-order valence-electron chi connectivity index (χ4n) is 4.01. The van der Waals surface area contributed by atoms with E-state index >= 15 is 0 Å². The zero-order chi connectivity index (χ0) is 22.6. The number of likely N-dealkylation sites (N-methyl/N-ethyl adjacent to an activating group) is 1. The van der Waals surface area contributed by atoms with Crippen molar-refractivity contribution < 1.29 is 27.4 Å². The first-order valence-corrected chi connectivity index (χ1v) is 11.3. The van der Waals surface area contributed by atoms with E-state index in [0.717, 1.165) is 34.2 Å². The smallest absolute Gasteiger partial charge is 0.416 e. The minimum Gasteiger partial charge on any atom is -0.444 e. The van der Waals surface area contributed by atoms with E-state index in [1.807, 2.05) is 25.3 Å². The van der Waals surface area contributed by atoms with Crippen LogP contribution in [0.4, 0.5) is 18.0 Å². The number of carbonyl (C=O) groups excluding carboxylic acids is 1. The van der Waals surface area contributed by atoms with Crippen molar-refractivity contribution in [3.63, 3.8) is 0 Å². The summed E-state index contributed by atoms with van der Waals surface area (Å²) in [5, 5.41) is 1.80. The predicted octanol–water partition coefficient (Wildman–Crippen LogP) is 5.51. The second kappa shape index (κ2) is 7.92. The molecule has 1 saturated heterocycles. The lowest BCUT2D eigenvalue weighted by Gasteiger charge is -2.30. The van der Waals surface area contributed by atoms with Crippen LogP contribution in [0.2, 0.25) is 0 Å². The summed E-state index contributed by atoms with van der Waals surface area (Å²) in [7, 11) is 1.70. The molecule has 0 N–H and O–H groups in total. The highest BCUT2D eigenvalue weighted by atomic mass is 32.2. The number of fused-ring (bicyclic) bond motifs is 3. The average Bonchev–Trinajstić information content (AvgIpc) is 3.42. The van der Waals surface area contributed by atoms with Gasteiger partial charge in [-0.25, -0.2) is 4.79 Å². The monoisotopic (exact) mass is 456 g/mol. The van der Waals surface area contributed by atoms with Crippen LogP contribution in [0, 0.1) is 0 Å². The molecule has 1 fully saturated rings. The molecule has 9 heteroatoms. The van der Waals surface area contributed by atoms with Gasteiger partial charge in [0.15, 0.2) is 0 Å². The molecule has 0 aliphatic carbocycles. The van der Waals surface area contributed by atoms with Crippen LogP contribution in [0.5, 0.6) is 0 Å². The molecule has 4 rings (SSSR count). The molecule has 1 amide bonds. The van der Waals surface area contributed by atoms with Gasteiger partial charge in [0.25, 0.3) is 0 Å². The lowest BCUT2D eigenvalue weighted by Crippen LogP contribution is -2.37. The Morgan fingerprint density at radius 2 is 2.03 bits per heavy atom. The molecule has 0 radical (unpaired) electrons. The molecule has 2 aliphatic rings. The molecule has 2 aliphatic heterocycles. The standard InChI is InChI=1S/C22H27F3N2O3S/c1-21(2,3)30-20(28)26(4)10-13-7-8-31-19-18(13)16-6-5-14(22(23,24)25)9-17(16)27(19)11-15-12-29-15/h5-6,9,13,15H,7-8,10-12H2,1-4H3. The highest BCUT2D eigenvalue weighted by molar-refractivity contribution is 7.99. The number of amides is 1. The van der Waals surface area contributed by atoms with E-state index in [4.69, 9.17) is 9.47 Å². The highest BCUT2D eigenvalue weighted by Gasteiger charge is 2.35. The van der Waals surface area contributed by atoms with Gasteiger partial charge in [0.05, 0.1) is 29.8 Å². The zero-order valence-electron chi connectivity index (χ0n) is 18.1. The molecule has 0 bridgehead atoms. The van der Waals surface area contributed by atoms with E-state index in [1.54, 1.807) is 29.8 Å². The van der Waals surface area contributed by atoms with Crippen molar-refractivity contribution in [3.8, 4) is 0 Å². The van der Waals surface area contributed by atoms with E-state index in [-0.39, 0.29) is 12.0 Å². The Labute approximate surface area is 183 Å². The number of benzene rings is 1. The maximum Gasteiger partial charge on any atom is 0.416 e. The fourth-order valence-corrected chi connectivity index (χ4v) is 5.36. The number of alkyl halides is 3. The van der Waals surface area contributed by atoms with E-state index in [1.165, 1.54) is 6.07 Å². The quantitative estimate of drug-likeness (QED) is 0.570. The SMILES string of the molecule is CN(CC1CCSc2c1c1ccc(C(F)(F)F)cc1n2CC1CO1)C(=O)OC(C)(C)C. The first kappa shape index (κ1) is 22.3. The van der Waals surface area contributed by atoms with Crippen LogP contribution in [-0.4, -0.2) is 53.2 Å². The number of aromatic nitrogens is 1. The molecule has 2 unspecified atom stereocenters. The highest BCUT2D eigenvalue weighted by Crippen LogP contribution is 2.46. The third-order valence-corrected chi connectivity index (χ3v) is 6.64. The Bertz CT molecular complexity index is 993. The average molecular weight is 457 g/mol. The zero-order valence-corrected chi connectivity index (χ0v) is 18.9. The Kier molecular flexibility index (Phi) is 5.70. The Morgan fingerprint density at radius 3 is 2.65 bits per heavy atom. The number of nitrogens with zero attached hydrogens (tertiary/aromatic N) is 2. The molecule has 2 atom stereocenters. The molecule has 1 aromatic carbocycles. The molecule has 2 aromatic rings. The second-order valence-electron chi connectivity index (χ2n) is 9.21. The molecule has 3 heterocycles. The van der Waals surface area contributed by atoms with Gasteiger partial charge in [-0.1, -0.05) is 6.07 Å². The minimum atomic E-state index is -4.40. The van der Waals surface area contributed by atoms with Crippen molar-refractivity contribution in [2.24, 2.45) is 0 Å². The van der Waals surface area contributed by atoms with Crippen molar-refractivity contribution in [2.45, 2.75) is 62.6 Å². The van der Waals surface area contributed by atoms with Crippen molar-refractivity contribution in [1.29, 1.82) is 0 Å². The van der Waals surface area contributed by atoms with E-state index in [0.29, 0.717) is 25.2 Å². The lowest BCUT2D eigenvalue weighted by atomic mass is 9.94.